The van der Waals surface area contributed by atoms with Crippen molar-refractivity contribution in [2.45, 2.75) is 6.92 Å². The van der Waals surface area contributed by atoms with Gasteiger partial charge < -0.3 is 6.16 Å². The van der Waals surface area contributed by atoms with Crippen molar-refractivity contribution in [3.05, 3.63) is 0 Å². The van der Waals surface area contributed by atoms with E-state index in [1.54, 1.807) is 6.92 Å². The van der Waals surface area contributed by atoms with Crippen LogP contribution in [0, 0.1) is 0 Å². The molecule has 0 aromatic carbocycles. The zero-order valence-electron chi connectivity index (χ0n) is 6.18. The molecule has 0 spiro atoms. The van der Waals surface area contributed by atoms with Crippen LogP contribution in [0.15, 0.2) is 0 Å². The number of hydrogen-bond donors (Lipinski definition) is 1. The number of ether oxygens (including phenoxy) is 1. The van der Waals surface area contributed by atoms with E-state index in [1.807, 2.05) is 0 Å². The molecule has 0 amide bonds. The van der Waals surface area contributed by atoms with Gasteiger partial charge in [0.25, 0.3) is 0 Å². The monoisotopic (exact) mass is 160 g/mol. The number of rotatable bonds is 2. The zero-order valence-corrected chi connectivity index (χ0v) is 9.20. The summed E-state index contributed by atoms with van der Waals surface area (Å²) >= 11 is 3.67. The van der Waals surface area contributed by atoms with Gasteiger partial charge >= 0.3 is 57.4 Å². The van der Waals surface area contributed by atoms with Gasteiger partial charge in [0, 0.05) is 0 Å². The van der Waals surface area contributed by atoms with Crippen molar-refractivity contribution >= 4 is 18.6 Å². The van der Waals surface area contributed by atoms with Gasteiger partial charge in [-0.25, -0.2) is 0 Å². The van der Waals surface area contributed by atoms with Crippen molar-refractivity contribution in [1.82, 2.24) is 0 Å². The average molecular weight is 160 g/mol. The first-order valence-electron chi connectivity index (χ1n) is 2.07. The summed E-state index contributed by atoms with van der Waals surface area (Å²) in [6.45, 7) is 2.21. The molecular formula is C4H9KO2S. The van der Waals surface area contributed by atoms with E-state index in [4.69, 9.17) is 0 Å². The normalized spacial score (nSPS) is 7.25. The summed E-state index contributed by atoms with van der Waals surface area (Å²) in [6.07, 6.45) is 0. The molecular weight excluding hydrogens is 151 g/mol. The molecule has 0 aliphatic heterocycles. The Balaban J connectivity index is -0.000000180. The summed E-state index contributed by atoms with van der Waals surface area (Å²) in [6, 6.07) is 0. The van der Waals surface area contributed by atoms with Crippen LogP contribution in [-0.2, 0) is 9.53 Å². The van der Waals surface area contributed by atoms with Gasteiger partial charge in [0.1, 0.15) is 0 Å². The van der Waals surface area contributed by atoms with Gasteiger partial charge in [-0.2, -0.15) is 12.6 Å². The summed E-state index contributed by atoms with van der Waals surface area (Å²) in [4.78, 5) is 10.1. The average Bonchev–Trinajstić information content (AvgIpc) is 1.68. The van der Waals surface area contributed by atoms with Crippen LogP contribution in [0.25, 0.3) is 0 Å². The number of hydrogen-bond acceptors (Lipinski definition) is 3. The third kappa shape index (κ3) is 7.46. The molecule has 0 radical (unpaired) electrons. The molecule has 0 aromatic heterocycles. The Labute approximate surface area is 98.7 Å². The topological polar surface area (TPSA) is 26.3 Å². The molecule has 0 rings (SSSR count). The largest absolute Gasteiger partial charge is 1.00 e. The molecule has 0 aliphatic rings. The van der Waals surface area contributed by atoms with Crippen molar-refractivity contribution < 1.29 is 62.3 Å². The Morgan fingerprint density at radius 3 is 2.50 bits per heavy atom. The minimum Gasteiger partial charge on any atom is -1.00 e. The SMILES string of the molecule is CCOC(=O)CS.[H-].[K+]. The molecule has 2 nitrogen and oxygen atoms in total. The molecule has 0 saturated carbocycles. The van der Waals surface area contributed by atoms with Crippen LogP contribution < -0.4 is 51.4 Å². The maximum absolute atomic E-state index is 10.1. The van der Waals surface area contributed by atoms with E-state index in [2.05, 4.69) is 17.4 Å². The van der Waals surface area contributed by atoms with Crippen LogP contribution in [0.3, 0.4) is 0 Å². The van der Waals surface area contributed by atoms with Crippen LogP contribution in [0.4, 0.5) is 0 Å². The molecule has 0 unspecified atom stereocenters. The first-order chi connectivity index (χ1) is 3.31. The molecule has 0 N–H and O–H groups in total. The first-order valence-corrected chi connectivity index (χ1v) is 2.71. The van der Waals surface area contributed by atoms with Crippen LogP contribution in [0.5, 0.6) is 0 Å². The molecule has 4 heteroatoms. The van der Waals surface area contributed by atoms with E-state index < -0.39 is 0 Å². The predicted molar refractivity (Wildman–Crippen MR) is 31.6 cm³/mol. The Hall–Kier alpha value is 1.46. The fourth-order valence-electron chi connectivity index (χ4n) is 0.207. The van der Waals surface area contributed by atoms with E-state index in [0.717, 1.165) is 0 Å². The standard InChI is InChI=1S/C4H8O2S.K.H/c1-2-6-4(5)3-7;;/h7H,2-3H2,1H3;;/q;+1;-1. The van der Waals surface area contributed by atoms with E-state index in [9.17, 15) is 4.79 Å². The van der Waals surface area contributed by atoms with E-state index in [-0.39, 0.29) is 64.5 Å². The second-order valence-corrected chi connectivity index (χ2v) is 1.28. The van der Waals surface area contributed by atoms with Crippen molar-refractivity contribution in [3.8, 4) is 0 Å². The van der Waals surface area contributed by atoms with Crippen LogP contribution in [0.1, 0.15) is 8.35 Å². The quantitative estimate of drug-likeness (QED) is 0.277. The maximum Gasteiger partial charge on any atom is 1.00 e. The molecule has 44 valence electrons. The molecule has 0 atom stereocenters. The molecule has 0 aromatic rings. The predicted octanol–water partition coefficient (Wildman–Crippen LogP) is -2.40. The smallest absolute Gasteiger partial charge is 1.00 e. The molecule has 0 fully saturated rings. The van der Waals surface area contributed by atoms with Gasteiger partial charge in [0.2, 0.25) is 0 Å². The summed E-state index contributed by atoms with van der Waals surface area (Å²) in [5.41, 5.74) is 0. The van der Waals surface area contributed by atoms with Crippen LogP contribution in [-0.4, -0.2) is 18.3 Å². The third-order valence-corrected chi connectivity index (χ3v) is 0.693. The van der Waals surface area contributed by atoms with Crippen LogP contribution >= 0.6 is 12.6 Å². The summed E-state index contributed by atoms with van der Waals surface area (Å²) < 4.78 is 4.48. The molecule has 0 saturated heterocycles. The Morgan fingerprint density at radius 2 is 2.38 bits per heavy atom. The van der Waals surface area contributed by atoms with Gasteiger partial charge in [-0.1, -0.05) is 0 Å². The fourth-order valence-corrected chi connectivity index (χ4v) is 0.298. The fraction of sp³-hybridized carbons (Fsp3) is 0.750. The van der Waals surface area contributed by atoms with Crippen molar-refractivity contribution in [3.63, 3.8) is 0 Å². The van der Waals surface area contributed by atoms with E-state index >= 15 is 0 Å². The molecule has 0 aliphatic carbocycles. The number of thiol groups is 1. The van der Waals surface area contributed by atoms with Crippen molar-refractivity contribution in [2.75, 3.05) is 12.4 Å². The first kappa shape index (κ1) is 12.2. The second-order valence-electron chi connectivity index (χ2n) is 0.963. The van der Waals surface area contributed by atoms with Crippen molar-refractivity contribution in [1.29, 1.82) is 0 Å². The van der Waals surface area contributed by atoms with Gasteiger partial charge in [-0.15, -0.1) is 0 Å². The zero-order chi connectivity index (χ0) is 5.70. The van der Waals surface area contributed by atoms with E-state index in [1.165, 1.54) is 0 Å². The van der Waals surface area contributed by atoms with Crippen LogP contribution in [0.2, 0.25) is 0 Å². The summed E-state index contributed by atoms with van der Waals surface area (Å²) in [7, 11) is 0. The summed E-state index contributed by atoms with van der Waals surface area (Å²) in [5.74, 6) is -0.0840. The van der Waals surface area contributed by atoms with Gasteiger partial charge in [-0.05, 0) is 6.92 Å². The molecule has 8 heavy (non-hydrogen) atoms. The minimum absolute atomic E-state index is 0. The van der Waals surface area contributed by atoms with Gasteiger partial charge in [0.05, 0.1) is 12.4 Å². The maximum atomic E-state index is 10.1. The number of carbonyl (C=O) groups excluding carboxylic acids is 1. The van der Waals surface area contributed by atoms with Gasteiger partial charge in [0.15, 0.2) is 0 Å². The third-order valence-electron chi connectivity index (χ3n) is 0.434. The minimum atomic E-state index is -0.258. The van der Waals surface area contributed by atoms with Crippen molar-refractivity contribution in [2.24, 2.45) is 0 Å². The Morgan fingerprint density at radius 1 is 1.88 bits per heavy atom. The Kier molecular flexibility index (Phi) is 12.9. The second kappa shape index (κ2) is 8.46. The van der Waals surface area contributed by atoms with E-state index in [0.29, 0.717) is 6.61 Å². The molecule has 0 heterocycles. The number of esters is 1. The Bertz CT molecular complexity index is 71.6. The van der Waals surface area contributed by atoms with Gasteiger partial charge in [-0.3, -0.25) is 4.79 Å². The number of carbonyl (C=O) groups is 1. The molecule has 0 bridgehead atoms. The summed E-state index contributed by atoms with van der Waals surface area (Å²) in [5, 5.41) is 0.